The molecule has 0 bridgehead atoms. The van der Waals surface area contributed by atoms with Crippen LogP contribution in [-0.2, 0) is 41.6 Å². The minimum absolute atomic E-state index is 0.0349. The van der Waals surface area contributed by atoms with Crippen molar-refractivity contribution in [3.8, 4) is 0 Å². The molecule has 1 saturated heterocycles. The van der Waals surface area contributed by atoms with Crippen molar-refractivity contribution in [2.75, 3.05) is 0 Å². The van der Waals surface area contributed by atoms with Gasteiger partial charge >= 0.3 is 11.9 Å². The molecule has 10 heteroatoms. The zero-order chi connectivity index (χ0) is 28.4. The number of nitrogens with zero attached hydrogens (tertiary/aromatic N) is 1. The van der Waals surface area contributed by atoms with Crippen molar-refractivity contribution in [3.05, 3.63) is 70.8 Å². The maximum atomic E-state index is 14.8. The van der Waals surface area contributed by atoms with Crippen LogP contribution in [0.3, 0.4) is 0 Å². The SMILES string of the molecule is CC(=O)OC(C)[C@H](C(=O)ON1C(=O)[C@@H](C2Cc3ccccc3C2)NC(=O)[C@H]1CC(C)C)c1ccc(F)cc1F. The van der Waals surface area contributed by atoms with Crippen LogP contribution in [0.1, 0.15) is 56.7 Å². The summed E-state index contributed by atoms with van der Waals surface area (Å²) in [5.41, 5.74) is 1.89. The molecule has 1 heterocycles. The van der Waals surface area contributed by atoms with E-state index in [0.717, 1.165) is 35.2 Å². The summed E-state index contributed by atoms with van der Waals surface area (Å²) >= 11 is 0. The standard InChI is InChI=1S/C29H32F2N2O6/c1-15(2)11-24-27(35)32-26(20-12-18-7-5-6-8-19(18)13-20)28(36)33(24)39-29(37)25(16(3)38-17(4)34)22-10-9-21(30)14-23(22)31/h5-10,14-16,20,24-26H,11-13H2,1-4H3,(H,32,35)/t16?,24-,25+,26-/m1/s1. The third-order valence-electron chi connectivity index (χ3n) is 7.18. The molecule has 4 rings (SSSR count). The average molecular weight is 543 g/mol. The van der Waals surface area contributed by atoms with E-state index in [2.05, 4.69) is 5.32 Å². The van der Waals surface area contributed by atoms with E-state index in [9.17, 15) is 28.0 Å². The number of benzene rings is 2. The number of esters is 1. The Bertz CT molecular complexity index is 1260. The smallest absolute Gasteiger partial charge is 0.343 e. The molecule has 2 aliphatic rings. The molecule has 1 unspecified atom stereocenters. The summed E-state index contributed by atoms with van der Waals surface area (Å²) in [6.45, 7) is 6.21. The molecule has 0 saturated carbocycles. The lowest BCUT2D eigenvalue weighted by atomic mass is 9.91. The Hall–Kier alpha value is -3.82. The van der Waals surface area contributed by atoms with Crippen LogP contribution >= 0.6 is 0 Å². The van der Waals surface area contributed by atoms with Gasteiger partial charge < -0.3 is 14.9 Å². The summed E-state index contributed by atoms with van der Waals surface area (Å²) in [7, 11) is 0. The van der Waals surface area contributed by atoms with Crippen LogP contribution in [0.25, 0.3) is 0 Å². The van der Waals surface area contributed by atoms with Crippen LogP contribution in [0.5, 0.6) is 0 Å². The van der Waals surface area contributed by atoms with E-state index < -0.39 is 59.5 Å². The number of piperazine rings is 1. The Morgan fingerprint density at radius 2 is 1.69 bits per heavy atom. The molecule has 1 fully saturated rings. The highest BCUT2D eigenvalue weighted by atomic mass is 19.1. The topological polar surface area (TPSA) is 102 Å². The van der Waals surface area contributed by atoms with Gasteiger partial charge in [0.25, 0.3) is 5.91 Å². The van der Waals surface area contributed by atoms with Gasteiger partial charge in [0, 0.05) is 18.6 Å². The number of nitrogens with one attached hydrogen (secondary N) is 1. The van der Waals surface area contributed by atoms with Crippen LogP contribution in [0.2, 0.25) is 0 Å². The zero-order valence-corrected chi connectivity index (χ0v) is 22.3. The second-order valence-electron chi connectivity index (χ2n) is 10.6. The molecule has 4 atom stereocenters. The molecular weight excluding hydrogens is 510 g/mol. The maximum absolute atomic E-state index is 14.8. The van der Waals surface area contributed by atoms with E-state index in [1.807, 2.05) is 38.1 Å². The van der Waals surface area contributed by atoms with Gasteiger partial charge in [0.15, 0.2) is 0 Å². The lowest BCUT2D eigenvalue weighted by Gasteiger charge is -2.40. The highest BCUT2D eigenvalue weighted by molar-refractivity contribution is 5.97. The highest BCUT2D eigenvalue weighted by Crippen LogP contribution is 2.33. The fraction of sp³-hybridized carbons (Fsp3) is 0.448. The number of hydroxylamine groups is 2. The lowest BCUT2D eigenvalue weighted by molar-refractivity contribution is -0.218. The van der Waals surface area contributed by atoms with Crippen LogP contribution in [0, 0.1) is 23.5 Å². The van der Waals surface area contributed by atoms with Crippen LogP contribution in [0.4, 0.5) is 8.78 Å². The third-order valence-corrected chi connectivity index (χ3v) is 7.18. The van der Waals surface area contributed by atoms with Gasteiger partial charge in [0.2, 0.25) is 5.91 Å². The quantitative estimate of drug-likeness (QED) is 0.512. The van der Waals surface area contributed by atoms with Crippen LogP contribution < -0.4 is 5.32 Å². The van der Waals surface area contributed by atoms with Gasteiger partial charge in [0.1, 0.15) is 35.7 Å². The second kappa shape index (κ2) is 11.5. The first-order valence-electron chi connectivity index (χ1n) is 13.0. The van der Waals surface area contributed by atoms with Crippen molar-refractivity contribution in [3.63, 3.8) is 0 Å². The first kappa shape index (κ1) is 28.2. The number of rotatable bonds is 8. The van der Waals surface area contributed by atoms with Crippen molar-refractivity contribution < 1.29 is 37.5 Å². The van der Waals surface area contributed by atoms with Crippen molar-refractivity contribution >= 4 is 23.8 Å². The van der Waals surface area contributed by atoms with E-state index in [0.29, 0.717) is 18.9 Å². The Morgan fingerprint density at radius 1 is 1.05 bits per heavy atom. The second-order valence-corrected chi connectivity index (χ2v) is 10.6. The van der Waals surface area contributed by atoms with Crippen LogP contribution in [0.15, 0.2) is 42.5 Å². The minimum Gasteiger partial charge on any atom is -0.462 e. The number of hydrogen-bond acceptors (Lipinski definition) is 6. The van der Waals surface area contributed by atoms with Crippen molar-refractivity contribution in [2.24, 2.45) is 11.8 Å². The molecule has 2 aromatic carbocycles. The number of carbonyl (C=O) groups excluding carboxylic acids is 4. The Kier molecular flexibility index (Phi) is 8.32. The van der Waals surface area contributed by atoms with E-state index in [1.165, 1.54) is 6.92 Å². The fourth-order valence-corrected chi connectivity index (χ4v) is 5.42. The molecule has 2 amide bonds. The molecule has 8 nitrogen and oxygen atoms in total. The van der Waals surface area contributed by atoms with Gasteiger partial charge in [-0.15, -0.1) is 0 Å². The maximum Gasteiger partial charge on any atom is 0.343 e. The van der Waals surface area contributed by atoms with Crippen molar-refractivity contribution in [1.82, 2.24) is 10.4 Å². The fourth-order valence-electron chi connectivity index (χ4n) is 5.42. The third kappa shape index (κ3) is 6.10. The van der Waals surface area contributed by atoms with Crippen LogP contribution in [-0.4, -0.2) is 47.0 Å². The first-order chi connectivity index (χ1) is 18.5. The number of amides is 2. The molecule has 208 valence electrons. The van der Waals surface area contributed by atoms with Gasteiger partial charge in [0.05, 0.1) is 0 Å². The molecule has 0 radical (unpaired) electrons. The van der Waals surface area contributed by atoms with Crippen molar-refractivity contribution in [1.29, 1.82) is 0 Å². The Balaban J connectivity index is 1.65. The monoisotopic (exact) mass is 542 g/mol. The van der Waals surface area contributed by atoms with E-state index in [-0.39, 0.29) is 23.8 Å². The molecule has 1 N–H and O–H groups in total. The predicted molar refractivity (Wildman–Crippen MR) is 136 cm³/mol. The van der Waals surface area contributed by atoms with Gasteiger partial charge in [-0.1, -0.05) is 44.2 Å². The molecule has 1 aliphatic heterocycles. The summed E-state index contributed by atoms with van der Waals surface area (Å²) in [5.74, 6) is -6.60. The Morgan fingerprint density at radius 3 is 2.26 bits per heavy atom. The van der Waals surface area contributed by atoms with Gasteiger partial charge in [-0.25, -0.2) is 13.6 Å². The summed E-state index contributed by atoms with van der Waals surface area (Å²) in [6.07, 6.45) is 0.122. The molecule has 2 aromatic rings. The number of ether oxygens (including phenoxy) is 1. The number of halogens is 2. The molecule has 1 aliphatic carbocycles. The molecular formula is C29H32F2N2O6. The first-order valence-corrected chi connectivity index (χ1v) is 13.0. The molecule has 0 aromatic heterocycles. The van der Waals surface area contributed by atoms with Gasteiger partial charge in [-0.05, 0) is 55.2 Å². The van der Waals surface area contributed by atoms with E-state index in [1.54, 1.807) is 0 Å². The number of hydrogen-bond donors (Lipinski definition) is 1. The lowest BCUT2D eigenvalue weighted by Crippen LogP contribution is -2.66. The zero-order valence-electron chi connectivity index (χ0n) is 22.3. The summed E-state index contributed by atoms with van der Waals surface area (Å²) < 4.78 is 33.6. The van der Waals surface area contributed by atoms with E-state index in [4.69, 9.17) is 9.57 Å². The normalized spacial score (nSPS) is 20.8. The van der Waals surface area contributed by atoms with Gasteiger partial charge in [-0.2, -0.15) is 5.06 Å². The van der Waals surface area contributed by atoms with E-state index >= 15 is 0 Å². The summed E-state index contributed by atoms with van der Waals surface area (Å²) in [6, 6.07) is 8.36. The summed E-state index contributed by atoms with van der Waals surface area (Å²) in [5, 5.41) is 3.63. The van der Waals surface area contributed by atoms with Gasteiger partial charge in [-0.3, -0.25) is 14.4 Å². The molecule has 0 spiro atoms. The minimum atomic E-state index is -1.53. The number of fused-ring (bicyclic) bond motifs is 1. The van der Waals surface area contributed by atoms with Crippen molar-refractivity contribution in [2.45, 2.75) is 71.1 Å². The molecule has 39 heavy (non-hydrogen) atoms. The summed E-state index contributed by atoms with van der Waals surface area (Å²) in [4.78, 5) is 57.8. The number of carbonyl (C=O) groups is 4. The Labute approximate surface area is 225 Å². The predicted octanol–water partition coefficient (Wildman–Crippen LogP) is 3.61. The highest BCUT2D eigenvalue weighted by Gasteiger charge is 2.48. The average Bonchev–Trinajstić information content (AvgIpc) is 3.28. The largest absolute Gasteiger partial charge is 0.462 e.